The molecule has 3 aromatic rings. The predicted octanol–water partition coefficient (Wildman–Crippen LogP) is 5.47. The van der Waals surface area contributed by atoms with Crippen LogP contribution in [0, 0.1) is 5.41 Å². The zero-order chi connectivity index (χ0) is 32.0. The number of halogens is 1. The Balaban J connectivity index is 1.13. The van der Waals surface area contributed by atoms with Gasteiger partial charge in [0, 0.05) is 48.9 Å². The van der Waals surface area contributed by atoms with E-state index in [9.17, 15) is 14.4 Å². The summed E-state index contributed by atoms with van der Waals surface area (Å²) in [6.07, 6.45) is 0.414. The molecule has 10 heteroatoms. The van der Waals surface area contributed by atoms with E-state index in [1.165, 1.54) is 0 Å². The molecule has 0 radical (unpaired) electrons. The highest BCUT2D eigenvalue weighted by Crippen LogP contribution is 2.48. The number of carbonyl (C=O) groups excluding carboxylic acids is 3. The zero-order valence-corrected chi connectivity index (χ0v) is 26.8. The summed E-state index contributed by atoms with van der Waals surface area (Å²) in [5.74, 6) is 1.05. The van der Waals surface area contributed by atoms with Crippen LogP contribution in [-0.4, -0.2) is 72.8 Å². The number of ketones is 1. The lowest BCUT2D eigenvalue weighted by Gasteiger charge is -2.40. The number of carbonyl (C=O) groups is 3. The van der Waals surface area contributed by atoms with Crippen LogP contribution in [0.4, 0.5) is 11.4 Å². The molecule has 3 heterocycles. The number of nitrogens with zero attached hydrogens (tertiary/aromatic N) is 3. The molecule has 4 aliphatic rings. The molecule has 0 saturated carbocycles. The van der Waals surface area contributed by atoms with E-state index in [-0.39, 0.29) is 36.2 Å². The average molecular weight is 641 g/mol. The summed E-state index contributed by atoms with van der Waals surface area (Å²) < 4.78 is 11.7. The zero-order valence-electron chi connectivity index (χ0n) is 26.0. The molecule has 3 aliphatic heterocycles. The summed E-state index contributed by atoms with van der Waals surface area (Å²) >= 11 is 6.29. The molecule has 7 rings (SSSR count). The lowest BCUT2D eigenvalue weighted by atomic mass is 9.73. The molecule has 2 unspecified atom stereocenters. The standard InChI is InChI=1S/C36H37ClN4O5/c1-36(2)19-26-33(28(42)20-36)34(23-11-13-24(37)14-12-23)41(27-8-4-3-7-25(27)38-26)21-32(43)39-15-17-40(18-16-39)35(44)31-22-45-29-9-5-6-10-30(29)46-31/h3-14,31,34,38H,15-22H2,1-2H3. The van der Waals surface area contributed by atoms with Gasteiger partial charge >= 0.3 is 0 Å². The van der Waals surface area contributed by atoms with E-state index < -0.39 is 12.1 Å². The molecule has 1 aliphatic carbocycles. The van der Waals surface area contributed by atoms with Crippen LogP contribution in [0.25, 0.3) is 0 Å². The number of rotatable bonds is 4. The minimum atomic E-state index is -0.723. The van der Waals surface area contributed by atoms with Crippen molar-refractivity contribution in [3.05, 3.63) is 94.7 Å². The molecular weight excluding hydrogens is 604 g/mol. The first-order valence-corrected chi connectivity index (χ1v) is 16.1. The van der Waals surface area contributed by atoms with Crippen molar-refractivity contribution in [3.8, 4) is 11.5 Å². The molecule has 1 N–H and O–H groups in total. The van der Waals surface area contributed by atoms with Gasteiger partial charge in [-0.15, -0.1) is 0 Å². The Morgan fingerprint density at radius 1 is 0.891 bits per heavy atom. The van der Waals surface area contributed by atoms with E-state index in [2.05, 4.69) is 24.1 Å². The number of anilines is 2. The predicted molar refractivity (Wildman–Crippen MR) is 176 cm³/mol. The van der Waals surface area contributed by atoms with Crippen molar-refractivity contribution < 1.29 is 23.9 Å². The monoisotopic (exact) mass is 640 g/mol. The number of hydrogen-bond acceptors (Lipinski definition) is 7. The number of para-hydroxylation sites is 4. The number of fused-ring (bicyclic) bond motifs is 2. The second kappa shape index (κ2) is 12.0. The first-order chi connectivity index (χ1) is 22.2. The quantitative estimate of drug-likeness (QED) is 0.405. The van der Waals surface area contributed by atoms with Crippen molar-refractivity contribution in [2.45, 2.75) is 38.8 Å². The van der Waals surface area contributed by atoms with Crippen LogP contribution >= 0.6 is 11.6 Å². The Morgan fingerprint density at radius 2 is 1.57 bits per heavy atom. The summed E-state index contributed by atoms with van der Waals surface area (Å²) in [7, 11) is 0. The first kappa shape index (κ1) is 30.2. The molecule has 2 amide bonds. The maximum absolute atomic E-state index is 14.1. The lowest BCUT2D eigenvalue weighted by Crippen LogP contribution is -2.56. The summed E-state index contributed by atoms with van der Waals surface area (Å²) in [6, 6.07) is 22.3. The second-order valence-electron chi connectivity index (χ2n) is 13.1. The minimum absolute atomic E-state index is 0.0593. The number of Topliss-reactive ketones (excluding diaryl/α,β-unsaturated/α-hetero) is 1. The first-order valence-electron chi connectivity index (χ1n) is 15.8. The van der Waals surface area contributed by atoms with Crippen LogP contribution in [0.15, 0.2) is 84.1 Å². The molecule has 0 aromatic heterocycles. The third-order valence-electron chi connectivity index (χ3n) is 9.22. The van der Waals surface area contributed by atoms with Crippen molar-refractivity contribution in [3.63, 3.8) is 0 Å². The van der Waals surface area contributed by atoms with Gasteiger partial charge in [0.2, 0.25) is 12.0 Å². The molecule has 2 atom stereocenters. The number of nitrogens with one attached hydrogen (secondary N) is 1. The number of ether oxygens (including phenoxy) is 2. The van der Waals surface area contributed by atoms with Gasteiger partial charge in [0.25, 0.3) is 5.91 Å². The van der Waals surface area contributed by atoms with Gasteiger partial charge in [-0.2, -0.15) is 0 Å². The van der Waals surface area contributed by atoms with E-state index in [4.69, 9.17) is 21.1 Å². The van der Waals surface area contributed by atoms with Crippen molar-refractivity contribution >= 4 is 40.6 Å². The molecule has 1 saturated heterocycles. The Bertz CT molecular complexity index is 1710. The molecule has 9 nitrogen and oxygen atoms in total. The van der Waals surface area contributed by atoms with Gasteiger partial charge in [-0.1, -0.05) is 61.8 Å². The fraction of sp³-hybridized carbons (Fsp3) is 0.361. The van der Waals surface area contributed by atoms with Crippen molar-refractivity contribution in [1.29, 1.82) is 0 Å². The Labute approximate surface area is 273 Å². The van der Waals surface area contributed by atoms with E-state index in [1.807, 2.05) is 66.7 Å². The fourth-order valence-electron chi connectivity index (χ4n) is 6.99. The molecule has 0 bridgehead atoms. The molecule has 1 fully saturated rings. The van der Waals surface area contributed by atoms with E-state index in [1.54, 1.807) is 15.9 Å². The van der Waals surface area contributed by atoms with Gasteiger partial charge in [0.05, 0.1) is 24.0 Å². The maximum Gasteiger partial charge on any atom is 0.267 e. The highest BCUT2D eigenvalue weighted by Gasteiger charge is 2.42. The maximum atomic E-state index is 14.1. The van der Waals surface area contributed by atoms with Crippen molar-refractivity contribution in [2.24, 2.45) is 5.41 Å². The van der Waals surface area contributed by atoms with Crippen molar-refractivity contribution in [1.82, 2.24) is 9.80 Å². The molecular formula is C36H37ClN4O5. The molecule has 0 spiro atoms. The summed E-state index contributed by atoms with van der Waals surface area (Å²) in [4.78, 5) is 46.9. The van der Waals surface area contributed by atoms with Gasteiger partial charge in [-0.25, -0.2) is 0 Å². The largest absolute Gasteiger partial charge is 0.485 e. The Kier molecular flexibility index (Phi) is 7.88. The normalized spacial score (nSPS) is 22.0. The number of benzene rings is 3. The lowest BCUT2D eigenvalue weighted by molar-refractivity contribution is -0.145. The molecule has 3 aromatic carbocycles. The highest BCUT2D eigenvalue weighted by molar-refractivity contribution is 6.30. The average Bonchev–Trinajstić information content (AvgIpc) is 3.18. The van der Waals surface area contributed by atoms with Crippen LogP contribution in [0.3, 0.4) is 0 Å². The van der Waals surface area contributed by atoms with Gasteiger partial charge < -0.3 is 29.5 Å². The molecule has 238 valence electrons. The van der Waals surface area contributed by atoms with Gasteiger partial charge in [-0.3, -0.25) is 14.4 Å². The van der Waals surface area contributed by atoms with Crippen LogP contribution in [0.2, 0.25) is 5.02 Å². The van der Waals surface area contributed by atoms with Crippen LogP contribution < -0.4 is 19.7 Å². The summed E-state index contributed by atoms with van der Waals surface area (Å²) in [5, 5.41) is 4.20. The summed E-state index contributed by atoms with van der Waals surface area (Å²) in [6.45, 7) is 6.03. The van der Waals surface area contributed by atoms with Gasteiger partial charge in [-0.05, 0) is 53.8 Å². The van der Waals surface area contributed by atoms with Crippen LogP contribution in [0.5, 0.6) is 11.5 Å². The van der Waals surface area contributed by atoms with Crippen molar-refractivity contribution in [2.75, 3.05) is 49.5 Å². The third-order valence-corrected chi connectivity index (χ3v) is 9.48. The Morgan fingerprint density at radius 3 is 2.33 bits per heavy atom. The third kappa shape index (κ3) is 5.80. The minimum Gasteiger partial charge on any atom is -0.485 e. The fourth-order valence-corrected chi connectivity index (χ4v) is 7.11. The number of hydrogen-bond donors (Lipinski definition) is 1. The SMILES string of the molecule is CC1(C)CC(=O)C2=C(C1)Nc1ccccc1N(CC(=O)N1CCN(C(=O)C3COc4ccccc4O3)CC1)C2c1ccc(Cl)cc1. The van der Waals surface area contributed by atoms with Crippen LogP contribution in [-0.2, 0) is 14.4 Å². The second-order valence-corrected chi connectivity index (χ2v) is 13.6. The highest BCUT2D eigenvalue weighted by atomic mass is 35.5. The van der Waals surface area contributed by atoms with E-state index in [0.29, 0.717) is 61.1 Å². The van der Waals surface area contributed by atoms with E-state index in [0.717, 1.165) is 22.6 Å². The van der Waals surface area contributed by atoms with Crippen LogP contribution in [0.1, 0.15) is 38.3 Å². The summed E-state index contributed by atoms with van der Waals surface area (Å²) in [5.41, 5.74) is 3.99. The van der Waals surface area contributed by atoms with E-state index >= 15 is 0 Å². The topological polar surface area (TPSA) is 91.4 Å². The number of piperazine rings is 1. The smallest absolute Gasteiger partial charge is 0.267 e. The number of allylic oxidation sites excluding steroid dienone is 1. The van der Waals surface area contributed by atoms with Gasteiger partial charge in [0.15, 0.2) is 17.3 Å². The van der Waals surface area contributed by atoms with Gasteiger partial charge in [0.1, 0.15) is 6.61 Å². The number of amides is 2. The Hall–Kier alpha value is -4.50. The molecule has 46 heavy (non-hydrogen) atoms.